The van der Waals surface area contributed by atoms with E-state index in [1.165, 1.54) is 6.07 Å². The van der Waals surface area contributed by atoms with Crippen molar-refractivity contribution in [2.75, 3.05) is 49.1 Å². The Hall–Kier alpha value is -2.49. The van der Waals surface area contributed by atoms with Gasteiger partial charge in [-0.25, -0.2) is 17.5 Å². The smallest absolute Gasteiger partial charge is 0.240 e. The number of anilines is 2. The molecule has 1 N–H and O–H groups in total. The van der Waals surface area contributed by atoms with Gasteiger partial charge in [-0.05, 0) is 62.2 Å². The van der Waals surface area contributed by atoms with Crippen LogP contribution in [0.3, 0.4) is 0 Å². The van der Waals surface area contributed by atoms with Gasteiger partial charge in [-0.2, -0.15) is 0 Å². The van der Waals surface area contributed by atoms with Crippen molar-refractivity contribution in [1.82, 2.24) is 9.62 Å². The lowest BCUT2D eigenvalue weighted by Crippen LogP contribution is -2.47. The molecule has 0 saturated carbocycles. The molecule has 0 bridgehead atoms. The van der Waals surface area contributed by atoms with Gasteiger partial charge in [0.15, 0.2) is 0 Å². The molecule has 2 aliphatic heterocycles. The molecule has 0 aromatic heterocycles. The zero-order chi connectivity index (χ0) is 24.3. The lowest BCUT2D eigenvalue weighted by molar-refractivity contribution is -0.118. The number of benzene rings is 2. The predicted octanol–water partition coefficient (Wildman–Crippen LogP) is 3.00. The van der Waals surface area contributed by atoms with Crippen molar-refractivity contribution < 1.29 is 17.6 Å². The van der Waals surface area contributed by atoms with Crippen molar-refractivity contribution in [1.29, 1.82) is 0 Å². The van der Waals surface area contributed by atoms with E-state index in [4.69, 9.17) is 0 Å². The molecular weight excluding hydrogens is 455 g/mol. The molecule has 0 radical (unpaired) electrons. The molecule has 184 valence electrons. The molecular formula is C25H33FN4O3S. The second-order valence-electron chi connectivity index (χ2n) is 8.99. The normalized spacial score (nSPS) is 18.9. The Morgan fingerprint density at radius 2 is 1.82 bits per heavy atom. The fraction of sp³-hybridized carbons (Fsp3) is 0.480. The summed E-state index contributed by atoms with van der Waals surface area (Å²) < 4.78 is 42.3. The molecule has 34 heavy (non-hydrogen) atoms. The van der Waals surface area contributed by atoms with Crippen LogP contribution in [0.1, 0.15) is 32.3 Å². The first-order valence-corrected chi connectivity index (χ1v) is 13.4. The molecule has 1 amide bonds. The van der Waals surface area contributed by atoms with Crippen molar-refractivity contribution in [3.05, 3.63) is 53.8 Å². The maximum absolute atomic E-state index is 14.0. The molecule has 2 aromatic rings. The summed E-state index contributed by atoms with van der Waals surface area (Å²) in [5.74, 6) is -0.147. The molecule has 9 heteroatoms. The second kappa shape index (κ2) is 10.4. The summed E-state index contributed by atoms with van der Waals surface area (Å²) in [5.41, 5.74) is 2.35. The van der Waals surface area contributed by atoms with E-state index in [-0.39, 0.29) is 22.7 Å². The van der Waals surface area contributed by atoms with Crippen LogP contribution >= 0.6 is 0 Å². The monoisotopic (exact) mass is 488 g/mol. The summed E-state index contributed by atoms with van der Waals surface area (Å²) >= 11 is 0. The first kappa shape index (κ1) is 24.6. The number of nitrogens with zero attached hydrogens (tertiary/aromatic N) is 3. The SMILES string of the molecule is CCC(=O)N1c2ccc(S(=O)(=O)NCCCN3CCN(c4ccccc4F)CC3)cc2CC1C. The van der Waals surface area contributed by atoms with Crippen LogP contribution in [-0.2, 0) is 21.2 Å². The maximum Gasteiger partial charge on any atom is 0.240 e. The largest absolute Gasteiger partial charge is 0.367 e. The van der Waals surface area contributed by atoms with Gasteiger partial charge in [-0.1, -0.05) is 19.1 Å². The van der Waals surface area contributed by atoms with Gasteiger partial charge in [-0.15, -0.1) is 0 Å². The van der Waals surface area contributed by atoms with Crippen LogP contribution in [0.15, 0.2) is 47.4 Å². The maximum atomic E-state index is 14.0. The number of rotatable bonds is 8. The van der Waals surface area contributed by atoms with E-state index >= 15 is 0 Å². The molecule has 4 rings (SSSR count). The van der Waals surface area contributed by atoms with Gasteiger partial charge in [0, 0.05) is 50.9 Å². The van der Waals surface area contributed by atoms with Gasteiger partial charge in [0.2, 0.25) is 15.9 Å². The van der Waals surface area contributed by atoms with Gasteiger partial charge in [0.25, 0.3) is 0 Å². The minimum absolute atomic E-state index is 0.0345. The van der Waals surface area contributed by atoms with Crippen molar-refractivity contribution in [3.8, 4) is 0 Å². The number of carbonyl (C=O) groups excluding carboxylic acids is 1. The Balaban J connectivity index is 1.26. The molecule has 1 saturated heterocycles. The fourth-order valence-electron chi connectivity index (χ4n) is 4.84. The van der Waals surface area contributed by atoms with Crippen molar-refractivity contribution in [2.24, 2.45) is 0 Å². The molecule has 2 heterocycles. The lowest BCUT2D eigenvalue weighted by atomic mass is 10.1. The van der Waals surface area contributed by atoms with Crippen LogP contribution in [0.2, 0.25) is 0 Å². The first-order chi connectivity index (χ1) is 16.3. The fourth-order valence-corrected chi connectivity index (χ4v) is 5.96. The third-order valence-electron chi connectivity index (χ3n) is 6.66. The number of hydrogen-bond donors (Lipinski definition) is 1. The summed E-state index contributed by atoms with van der Waals surface area (Å²) in [6.07, 6.45) is 1.77. The van der Waals surface area contributed by atoms with Crippen LogP contribution in [0.25, 0.3) is 0 Å². The summed E-state index contributed by atoms with van der Waals surface area (Å²) in [4.78, 5) is 18.6. The topological polar surface area (TPSA) is 73.0 Å². The van der Waals surface area contributed by atoms with Crippen LogP contribution in [0.4, 0.5) is 15.8 Å². The van der Waals surface area contributed by atoms with Crippen LogP contribution in [0, 0.1) is 5.82 Å². The quantitative estimate of drug-likeness (QED) is 0.579. The number of piperazine rings is 1. The number of nitrogens with one attached hydrogen (secondary N) is 1. The van der Waals surface area contributed by atoms with Gasteiger partial charge >= 0.3 is 0 Å². The molecule has 1 fully saturated rings. The number of hydrogen-bond acceptors (Lipinski definition) is 5. The zero-order valence-corrected chi connectivity index (χ0v) is 20.7. The Bertz CT molecular complexity index is 1130. The highest BCUT2D eigenvalue weighted by atomic mass is 32.2. The van der Waals surface area contributed by atoms with Gasteiger partial charge < -0.3 is 9.80 Å². The van der Waals surface area contributed by atoms with Gasteiger partial charge in [0.05, 0.1) is 10.6 Å². The third kappa shape index (κ3) is 5.26. The van der Waals surface area contributed by atoms with E-state index in [0.717, 1.165) is 44.0 Å². The molecule has 1 unspecified atom stereocenters. The van der Waals surface area contributed by atoms with Crippen LogP contribution < -0.4 is 14.5 Å². The van der Waals surface area contributed by atoms with E-state index in [2.05, 4.69) is 14.5 Å². The van der Waals surface area contributed by atoms with Crippen molar-refractivity contribution in [2.45, 2.75) is 44.0 Å². The number of fused-ring (bicyclic) bond motifs is 1. The first-order valence-electron chi connectivity index (χ1n) is 12.0. The van der Waals surface area contributed by atoms with E-state index in [9.17, 15) is 17.6 Å². The summed E-state index contributed by atoms with van der Waals surface area (Å²) in [6.45, 7) is 8.08. The number of para-hydroxylation sites is 1. The third-order valence-corrected chi connectivity index (χ3v) is 8.12. The molecule has 7 nitrogen and oxygen atoms in total. The Morgan fingerprint density at radius 3 is 2.53 bits per heavy atom. The Labute approximate surface area is 201 Å². The van der Waals surface area contributed by atoms with Crippen LogP contribution in [-0.4, -0.2) is 64.5 Å². The number of sulfonamides is 1. The average molecular weight is 489 g/mol. The number of halogens is 1. The summed E-state index contributed by atoms with van der Waals surface area (Å²) in [5, 5.41) is 0. The van der Waals surface area contributed by atoms with E-state index in [0.29, 0.717) is 31.5 Å². The van der Waals surface area contributed by atoms with Gasteiger partial charge in [-0.3, -0.25) is 9.69 Å². The zero-order valence-electron chi connectivity index (χ0n) is 19.8. The van der Waals surface area contributed by atoms with Gasteiger partial charge in [0.1, 0.15) is 5.82 Å². The van der Waals surface area contributed by atoms with E-state index in [1.807, 2.05) is 19.9 Å². The van der Waals surface area contributed by atoms with E-state index in [1.54, 1.807) is 35.2 Å². The predicted molar refractivity (Wildman–Crippen MR) is 132 cm³/mol. The minimum atomic E-state index is -3.62. The highest BCUT2D eigenvalue weighted by molar-refractivity contribution is 7.89. The van der Waals surface area contributed by atoms with Crippen molar-refractivity contribution >= 4 is 27.3 Å². The van der Waals surface area contributed by atoms with Crippen molar-refractivity contribution in [3.63, 3.8) is 0 Å². The molecule has 1 atom stereocenters. The average Bonchev–Trinajstić information content (AvgIpc) is 3.17. The summed E-state index contributed by atoms with van der Waals surface area (Å²) in [6, 6.07) is 11.9. The summed E-state index contributed by atoms with van der Waals surface area (Å²) in [7, 11) is -3.62. The Kier molecular flexibility index (Phi) is 7.54. The number of amides is 1. The highest BCUT2D eigenvalue weighted by Gasteiger charge is 2.31. The second-order valence-corrected chi connectivity index (χ2v) is 10.8. The number of carbonyl (C=O) groups is 1. The molecule has 0 spiro atoms. The lowest BCUT2D eigenvalue weighted by Gasteiger charge is -2.36. The highest BCUT2D eigenvalue weighted by Crippen LogP contribution is 2.34. The Morgan fingerprint density at radius 1 is 1.09 bits per heavy atom. The standard InChI is InChI=1S/C25H33FN4O3S/c1-3-25(31)30-19(2)17-20-18-21(9-10-23(20)30)34(32,33)27-11-6-12-28-13-15-29(16-14-28)24-8-5-4-7-22(24)26/h4-5,7-10,18-19,27H,3,6,11-17H2,1-2H3. The minimum Gasteiger partial charge on any atom is -0.367 e. The van der Waals surface area contributed by atoms with Crippen LogP contribution in [0.5, 0.6) is 0 Å². The molecule has 2 aliphatic rings. The van der Waals surface area contributed by atoms with E-state index < -0.39 is 10.0 Å². The molecule has 2 aromatic carbocycles. The molecule has 0 aliphatic carbocycles.